The molecule has 0 saturated carbocycles. The summed E-state index contributed by atoms with van der Waals surface area (Å²) >= 11 is 13.3. The van der Waals surface area contributed by atoms with Crippen molar-refractivity contribution in [2.24, 2.45) is 5.10 Å². The van der Waals surface area contributed by atoms with Gasteiger partial charge in [0.2, 0.25) is 0 Å². The first-order chi connectivity index (χ1) is 18.6. The lowest BCUT2D eigenvalue weighted by Gasteiger charge is -2.12. The van der Waals surface area contributed by atoms with Crippen LogP contribution in [0.4, 0.5) is 5.69 Å². The Labute approximate surface area is 233 Å². The first-order valence-corrected chi connectivity index (χ1v) is 13.4. The molecule has 0 saturated heterocycles. The lowest BCUT2D eigenvalue weighted by molar-refractivity contribution is -0.118. The average Bonchev–Trinajstić information content (AvgIpc) is 3.35. The molecule has 1 heterocycles. The predicted octanol–water partition coefficient (Wildman–Crippen LogP) is 6.58. The van der Waals surface area contributed by atoms with Crippen LogP contribution < -0.4 is 10.7 Å². The van der Waals surface area contributed by atoms with Crippen LogP contribution in [0.5, 0.6) is 0 Å². The summed E-state index contributed by atoms with van der Waals surface area (Å²) in [4.78, 5) is 12.5. The number of anilines is 1. The molecule has 0 atom stereocenters. The maximum absolute atomic E-state index is 12.5. The van der Waals surface area contributed by atoms with Gasteiger partial charge in [0.1, 0.15) is 0 Å². The number of carbonyl (C=O) groups is 1. The van der Waals surface area contributed by atoms with Crippen LogP contribution >= 0.6 is 35.0 Å². The molecule has 7 nitrogen and oxygen atoms in total. The van der Waals surface area contributed by atoms with Crippen molar-refractivity contribution in [3.63, 3.8) is 0 Å². The first kappa shape index (κ1) is 25.8. The van der Waals surface area contributed by atoms with Gasteiger partial charge in [0.25, 0.3) is 5.91 Å². The Balaban J connectivity index is 1.29. The van der Waals surface area contributed by atoms with Crippen molar-refractivity contribution in [2.45, 2.75) is 11.7 Å². The number of rotatable bonds is 9. The van der Waals surface area contributed by atoms with Gasteiger partial charge in [0.15, 0.2) is 11.0 Å². The third kappa shape index (κ3) is 6.16. The fraction of sp³-hybridized carbons (Fsp3) is 0.0714. The molecule has 0 fully saturated rings. The minimum Gasteiger partial charge on any atom is -0.377 e. The van der Waals surface area contributed by atoms with Crippen LogP contribution in [0.25, 0.3) is 16.5 Å². The molecule has 0 unspecified atom stereocenters. The van der Waals surface area contributed by atoms with Crippen LogP contribution in [0, 0.1) is 0 Å². The number of hydrogen-bond donors (Lipinski definition) is 2. The first-order valence-electron chi connectivity index (χ1n) is 11.7. The number of aromatic nitrogens is 3. The fourth-order valence-electron chi connectivity index (χ4n) is 3.84. The zero-order chi connectivity index (χ0) is 26.3. The molecule has 2 N–H and O–H groups in total. The average molecular weight is 561 g/mol. The van der Waals surface area contributed by atoms with E-state index in [9.17, 15) is 4.79 Å². The van der Waals surface area contributed by atoms with Gasteiger partial charge in [-0.1, -0.05) is 95.6 Å². The Morgan fingerprint density at radius 2 is 1.74 bits per heavy atom. The minimum atomic E-state index is -0.283. The molecule has 0 bridgehead atoms. The maximum atomic E-state index is 12.5. The maximum Gasteiger partial charge on any atom is 0.250 e. The number of benzene rings is 4. The molecule has 0 aliphatic carbocycles. The molecule has 38 heavy (non-hydrogen) atoms. The summed E-state index contributed by atoms with van der Waals surface area (Å²) in [6, 6.07) is 29.2. The molecule has 0 radical (unpaired) electrons. The van der Waals surface area contributed by atoms with Crippen molar-refractivity contribution in [2.75, 3.05) is 11.1 Å². The van der Waals surface area contributed by atoms with Gasteiger partial charge in [-0.2, -0.15) is 5.10 Å². The van der Waals surface area contributed by atoms with Gasteiger partial charge in [0, 0.05) is 27.3 Å². The van der Waals surface area contributed by atoms with E-state index in [-0.39, 0.29) is 11.7 Å². The highest BCUT2D eigenvalue weighted by Gasteiger charge is 2.16. The van der Waals surface area contributed by atoms with Gasteiger partial charge in [0.05, 0.1) is 23.5 Å². The van der Waals surface area contributed by atoms with E-state index >= 15 is 0 Å². The van der Waals surface area contributed by atoms with Crippen molar-refractivity contribution in [3.8, 4) is 5.69 Å². The highest BCUT2D eigenvalue weighted by Crippen LogP contribution is 2.26. The van der Waals surface area contributed by atoms with Crippen molar-refractivity contribution >= 4 is 63.5 Å². The number of carbonyl (C=O) groups excluding carboxylic acids is 1. The van der Waals surface area contributed by atoms with E-state index in [1.807, 2.05) is 59.2 Å². The van der Waals surface area contributed by atoms with Gasteiger partial charge < -0.3 is 5.32 Å². The van der Waals surface area contributed by atoms with E-state index in [1.165, 1.54) is 18.0 Å². The van der Waals surface area contributed by atoms with E-state index in [1.54, 1.807) is 18.2 Å². The SMILES string of the molecule is O=C(CSc1nnc(CNc2cccc3ccccc23)n1-c1ccccc1)NN=Cc1ccc(Cl)cc1Cl. The fourth-order valence-corrected chi connectivity index (χ4v) is 5.06. The number of halogens is 2. The number of hydrazone groups is 1. The standard InChI is InChI=1S/C28H22Cl2N6OS/c29-21-14-13-20(24(30)15-21)16-32-34-27(37)18-38-28-35-33-26(36(28)22-9-2-1-3-10-22)17-31-25-12-6-8-19-7-4-5-11-23(19)25/h1-16,31H,17-18H2,(H,34,37). The zero-order valence-electron chi connectivity index (χ0n) is 20.0. The summed E-state index contributed by atoms with van der Waals surface area (Å²) < 4.78 is 1.95. The predicted molar refractivity (Wildman–Crippen MR) is 156 cm³/mol. The molecule has 0 spiro atoms. The number of hydrogen-bond acceptors (Lipinski definition) is 6. The van der Waals surface area contributed by atoms with Crippen molar-refractivity contribution in [1.29, 1.82) is 0 Å². The van der Waals surface area contributed by atoms with E-state index in [0.29, 0.717) is 27.3 Å². The van der Waals surface area contributed by atoms with E-state index < -0.39 is 0 Å². The second-order valence-corrected chi connectivity index (χ2v) is 9.98. The Morgan fingerprint density at radius 1 is 0.947 bits per heavy atom. The molecule has 10 heteroatoms. The normalized spacial score (nSPS) is 11.2. The molecule has 5 rings (SSSR count). The van der Waals surface area contributed by atoms with Crippen LogP contribution in [0.3, 0.4) is 0 Å². The van der Waals surface area contributed by atoms with Crippen LogP contribution in [-0.4, -0.2) is 32.6 Å². The topological polar surface area (TPSA) is 84.2 Å². The Morgan fingerprint density at radius 3 is 2.58 bits per heavy atom. The molecule has 0 aliphatic heterocycles. The Hall–Kier alpha value is -3.85. The molecule has 190 valence electrons. The number of thioether (sulfide) groups is 1. The smallest absolute Gasteiger partial charge is 0.250 e. The number of amides is 1. The largest absolute Gasteiger partial charge is 0.377 e. The van der Waals surface area contributed by atoms with Crippen molar-refractivity contribution in [1.82, 2.24) is 20.2 Å². The second-order valence-electron chi connectivity index (χ2n) is 8.20. The summed E-state index contributed by atoms with van der Waals surface area (Å²) in [5, 5.41) is 20.2. The van der Waals surface area contributed by atoms with Crippen LogP contribution in [0.2, 0.25) is 10.0 Å². The molecule has 4 aromatic carbocycles. The number of para-hydroxylation sites is 1. The summed E-state index contributed by atoms with van der Waals surface area (Å²) in [6.45, 7) is 0.453. The number of nitrogens with one attached hydrogen (secondary N) is 2. The summed E-state index contributed by atoms with van der Waals surface area (Å²) in [5.74, 6) is 0.546. The van der Waals surface area contributed by atoms with Gasteiger partial charge in [-0.05, 0) is 35.7 Å². The van der Waals surface area contributed by atoms with Crippen LogP contribution in [0.1, 0.15) is 11.4 Å². The van der Waals surface area contributed by atoms with Gasteiger partial charge in [-0.25, -0.2) is 5.43 Å². The third-order valence-corrected chi connectivity index (χ3v) is 7.12. The number of nitrogens with zero attached hydrogens (tertiary/aromatic N) is 4. The zero-order valence-corrected chi connectivity index (χ0v) is 22.3. The highest BCUT2D eigenvalue weighted by molar-refractivity contribution is 7.99. The molecule has 0 aliphatic rings. The minimum absolute atomic E-state index is 0.105. The summed E-state index contributed by atoms with van der Waals surface area (Å²) in [5.41, 5.74) is 5.09. The van der Waals surface area contributed by atoms with Gasteiger partial charge in [-0.15, -0.1) is 10.2 Å². The Bertz CT molecular complexity index is 1600. The lowest BCUT2D eigenvalue weighted by atomic mass is 10.1. The molecule has 1 aromatic heterocycles. The quantitative estimate of drug-likeness (QED) is 0.121. The second kappa shape index (κ2) is 12.1. The molecular weight excluding hydrogens is 539 g/mol. The lowest BCUT2D eigenvalue weighted by Crippen LogP contribution is -2.20. The monoisotopic (exact) mass is 560 g/mol. The molecule has 1 amide bonds. The molecular formula is C28H22Cl2N6OS. The van der Waals surface area contributed by atoms with E-state index in [0.717, 1.165) is 28.0 Å². The highest BCUT2D eigenvalue weighted by atomic mass is 35.5. The van der Waals surface area contributed by atoms with Crippen molar-refractivity contribution in [3.05, 3.63) is 112 Å². The van der Waals surface area contributed by atoms with E-state index in [4.69, 9.17) is 23.2 Å². The van der Waals surface area contributed by atoms with E-state index in [2.05, 4.69) is 44.2 Å². The van der Waals surface area contributed by atoms with Crippen molar-refractivity contribution < 1.29 is 4.79 Å². The van der Waals surface area contributed by atoms with Gasteiger partial charge >= 0.3 is 0 Å². The molecule has 5 aromatic rings. The summed E-state index contributed by atoms with van der Waals surface area (Å²) in [6.07, 6.45) is 1.48. The van der Waals surface area contributed by atoms with Gasteiger partial charge in [-0.3, -0.25) is 9.36 Å². The number of fused-ring (bicyclic) bond motifs is 1. The third-order valence-electron chi connectivity index (χ3n) is 5.63. The Kier molecular flexibility index (Phi) is 8.23. The van der Waals surface area contributed by atoms with Crippen LogP contribution in [-0.2, 0) is 11.3 Å². The summed E-state index contributed by atoms with van der Waals surface area (Å²) in [7, 11) is 0. The van der Waals surface area contributed by atoms with Crippen LogP contribution in [0.15, 0.2) is 101 Å².